The van der Waals surface area contributed by atoms with E-state index < -0.39 is 52.3 Å². The smallest absolute Gasteiger partial charge is 0.380 e. The van der Waals surface area contributed by atoms with Crippen LogP contribution in [0.15, 0.2) is 108 Å². The van der Waals surface area contributed by atoms with Gasteiger partial charge in [-0.2, -0.15) is 26.3 Å². The summed E-state index contributed by atoms with van der Waals surface area (Å²) in [4.78, 5) is 77.9. The maximum absolute atomic E-state index is 16.1. The number of hydrogen-bond donors (Lipinski definition) is 0. The molecule has 0 bridgehead atoms. The lowest BCUT2D eigenvalue weighted by Crippen LogP contribution is -2.48. The molecular weight excluding hydrogens is 1260 g/mol. The fourth-order valence-electron chi connectivity index (χ4n) is 13.0. The lowest BCUT2D eigenvalue weighted by molar-refractivity contribution is -0.254. The van der Waals surface area contributed by atoms with Crippen LogP contribution in [0.5, 0.6) is 5.75 Å². The minimum absolute atomic E-state index is 0.0441. The number of rotatable bonds is 18. The number of unbranched alkanes of at least 4 members (excludes halogenated alkanes) is 6. The SMILES string of the molecule is CCCCCCC(CCCCCC)N1C(=O)c2ccc3c4ccc5c6c(ccc(c7ccc(c2c37)C1=O)c64)C(=O)N(c1ccc(OC(=O)c2cc(Br)c(-c3cc(C4=C(c6cc(-c7ccc(C)s7)sc6C)C(F)(F)C(F)(F)C4(F)F)c(C)s3)s2)cc1)C5=O. The molecular formula is C68H53BrF6N2O6S4. The maximum atomic E-state index is 16.1. The minimum Gasteiger partial charge on any atom is -0.422 e. The van der Waals surface area contributed by atoms with E-state index in [1.807, 2.05) is 49.4 Å². The Labute approximate surface area is 520 Å². The highest BCUT2D eigenvalue weighted by Crippen LogP contribution is 2.66. The number of halogens is 7. The van der Waals surface area contributed by atoms with Gasteiger partial charge in [-0.05, 0) is 172 Å². The number of aryl methyl sites for hydroxylation is 3. The summed E-state index contributed by atoms with van der Waals surface area (Å²) < 4.78 is 101. The molecule has 0 fully saturated rings. The van der Waals surface area contributed by atoms with Gasteiger partial charge < -0.3 is 4.74 Å². The summed E-state index contributed by atoms with van der Waals surface area (Å²) in [5.41, 5.74) is -2.01. The molecule has 2 aliphatic heterocycles. The highest BCUT2D eigenvalue weighted by molar-refractivity contribution is 9.10. The fourth-order valence-corrected chi connectivity index (χ4v) is 18.0. The van der Waals surface area contributed by atoms with Crippen LogP contribution in [0, 0.1) is 20.8 Å². The molecule has 1 aliphatic carbocycles. The van der Waals surface area contributed by atoms with Crippen LogP contribution in [-0.4, -0.2) is 58.3 Å². The number of alkyl halides is 6. The van der Waals surface area contributed by atoms with Crippen LogP contribution < -0.4 is 9.64 Å². The lowest BCUT2D eigenvalue weighted by atomic mass is 9.82. The minimum atomic E-state index is -5.75. The predicted octanol–water partition coefficient (Wildman–Crippen LogP) is 20.8. The van der Waals surface area contributed by atoms with Crippen molar-refractivity contribution in [3.8, 4) is 25.3 Å². The van der Waals surface area contributed by atoms with Gasteiger partial charge >= 0.3 is 23.7 Å². The molecule has 0 unspecified atom stereocenters. The van der Waals surface area contributed by atoms with Crippen molar-refractivity contribution in [1.29, 1.82) is 0 Å². The van der Waals surface area contributed by atoms with Crippen molar-refractivity contribution in [2.75, 3.05) is 4.90 Å². The second-order valence-corrected chi connectivity index (χ2v) is 28.3. The Balaban J connectivity index is 0.763. The second-order valence-electron chi connectivity index (χ2n) is 22.6. The van der Waals surface area contributed by atoms with Gasteiger partial charge in [-0.25, -0.2) is 9.69 Å². The fraction of sp³-hybridized carbons (Fsp3) is 0.279. The normalized spacial score (nSPS) is 16.2. The van der Waals surface area contributed by atoms with E-state index in [2.05, 4.69) is 29.8 Å². The summed E-state index contributed by atoms with van der Waals surface area (Å²) in [7, 11) is 0. The second kappa shape index (κ2) is 21.9. The quantitative estimate of drug-likeness (QED) is 0.0161. The molecule has 0 saturated heterocycles. The third kappa shape index (κ3) is 9.16. The summed E-state index contributed by atoms with van der Waals surface area (Å²) in [6.45, 7) is 9.00. The van der Waals surface area contributed by atoms with Crippen LogP contribution in [0.4, 0.5) is 32.0 Å². The number of carbonyl (C=O) groups excluding carboxylic acids is 5. The average molecular weight is 1320 g/mol. The third-order valence-electron chi connectivity index (χ3n) is 17.3. The number of benzene rings is 6. The molecule has 87 heavy (non-hydrogen) atoms. The number of allylic oxidation sites excluding steroid dienone is 2. The van der Waals surface area contributed by atoms with Crippen LogP contribution in [0.2, 0.25) is 0 Å². The van der Waals surface area contributed by atoms with Gasteiger partial charge in [0.15, 0.2) is 0 Å². The molecule has 6 aromatic carbocycles. The largest absolute Gasteiger partial charge is 0.422 e. The van der Waals surface area contributed by atoms with Crippen molar-refractivity contribution in [1.82, 2.24) is 4.90 Å². The van der Waals surface area contributed by atoms with Gasteiger partial charge in [0, 0.05) is 83.9 Å². The summed E-state index contributed by atoms with van der Waals surface area (Å²) in [6, 6.07) is 27.6. The van der Waals surface area contributed by atoms with E-state index in [1.165, 1.54) is 72.5 Å². The highest BCUT2D eigenvalue weighted by atomic mass is 79.9. The molecule has 4 amide bonds. The van der Waals surface area contributed by atoms with Crippen LogP contribution in [-0.2, 0) is 0 Å². The van der Waals surface area contributed by atoms with Crippen molar-refractivity contribution < 1.29 is 55.1 Å². The first-order chi connectivity index (χ1) is 41.6. The van der Waals surface area contributed by atoms with E-state index in [9.17, 15) is 24.0 Å². The summed E-state index contributed by atoms with van der Waals surface area (Å²) in [5, 5.41) is 5.66. The monoisotopic (exact) mass is 1310 g/mol. The number of fused-ring (bicyclic) bond motifs is 2. The predicted molar refractivity (Wildman–Crippen MR) is 341 cm³/mol. The van der Waals surface area contributed by atoms with E-state index >= 15 is 26.3 Å². The Hall–Kier alpha value is -7.03. The number of thiophene rings is 4. The number of anilines is 1. The van der Waals surface area contributed by atoms with Gasteiger partial charge in [0.25, 0.3) is 23.6 Å². The molecule has 0 saturated carbocycles. The number of esters is 1. The number of nitrogens with zero attached hydrogens (tertiary/aromatic N) is 2. The number of imide groups is 2. The molecule has 0 N–H and O–H groups in total. The molecule has 0 spiro atoms. The Kier molecular flexibility index (Phi) is 14.9. The van der Waals surface area contributed by atoms with Gasteiger partial charge in [0.05, 0.1) is 10.6 Å². The average Bonchev–Trinajstić information content (AvgIpc) is 1.60. The summed E-state index contributed by atoms with van der Waals surface area (Å²) >= 11 is 7.68. The Bertz CT molecular complexity index is 4460. The van der Waals surface area contributed by atoms with Gasteiger partial charge in [-0.1, -0.05) is 89.5 Å². The molecule has 4 aromatic heterocycles. The molecule has 3 aliphatic rings. The summed E-state index contributed by atoms with van der Waals surface area (Å²) in [5.74, 6) is -18.8. The van der Waals surface area contributed by atoms with Crippen LogP contribution in [0.25, 0.3) is 73.7 Å². The molecule has 19 heteroatoms. The van der Waals surface area contributed by atoms with Gasteiger partial charge in [-0.3, -0.25) is 24.1 Å². The van der Waals surface area contributed by atoms with Crippen LogP contribution in [0.3, 0.4) is 0 Å². The zero-order chi connectivity index (χ0) is 61.3. The number of carbonyl (C=O) groups is 5. The molecule has 10 aromatic rings. The lowest BCUT2D eigenvalue weighted by Gasteiger charge is -2.35. The third-order valence-corrected chi connectivity index (χ3v) is 22.7. The van der Waals surface area contributed by atoms with E-state index in [0.29, 0.717) is 46.4 Å². The maximum Gasteiger partial charge on any atom is 0.380 e. The molecule has 8 nitrogen and oxygen atoms in total. The van der Waals surface area contributed by atoms with Gasteiger partial charge in [-0.15, -0.1) is 45.3 Å². The standard InChI is InChI=1S/C68H53BrF6N2O6S4/c1-6-8-10-12-14-36(15-13-11-9-7-2)76-61(78)43-25-21-39-41-23-27-45-57-46(28-24-42(55(41)57)40-22-26-44(62(76)79)56(43)54(39)40)64(81)77(63(45)80)37-17-19-38(20-18-37)83-65(82)53-32-49(69)60(87-53)52-31-48(35(5)86-52)59-58(66(70,71)68(74,75)67(59,72)73)47-30-51(85-34(47)4)50-29-16-33(3)84-50/h16-32,36H,6-15H2,1-5H3. The Morgan fingerprint density at radius 2 is 0.989 bits per heavy atom. The Morgan fingerprint density at radius 3 is 1.46 bits per heavy atom. The van der Waals surface area contributed by atoms with Crippen LogP contribution >= 0.6 is 61.3 Å². The van der Waals surface area contributed by atoms with Gasteiger partial charge in [0.1, 0.15) is 10.6 Å². The van der Waals surface area contributed by atoms with E-state index in [4.69, 9.17) is 4.74 Å². The first-order valence-electron chi connectivity index (χ1n) is 28.8. The van der Waals surface area contributed by atoms with E-state index in [-0.39, 0.29) is 65.5 Å². The van der Waals surface area contributed by atoms with Crippen LogP contribution in [0.1, 0.15) is 155 Å². The molecule has 13 rings (SSSR count). The zero-order valence-electron chi connectivity index (χ0n) is 47.6. The zero-order valence-corrected chi connectivity index (χ0v) is 52.4. The highest BCUT2D eigenvalue weighted by Gasteiger charge is 2.80. The van der Waals surface area contributed by atoms with Crippen molar-refractivity contribution in [2.24, 2.45) is 0 Å². The van der Waals surface area contributed by atoms with Crippen molar-refractivity contribution in [2.45, 2.75) is 123 Å². The topological polar surface area (TPSA) is 101 Å². The number of ether oxygens (including phenoxy) is 1. The molecule has 444 valence electrons. The first kappa shape index (κ1) is 59.0. The molecule has 0 radical (unpaired) electrons. The number of hydrogen-bond acceptors (Lipinski definition) is 10. The van der Waals surface area contributed by atoms with Gasteiger partial charge in [0.2, 0.25) is 0 Å². The Morgan fingerprint density at radius 1 is 0.517 bits per heavy atom. The van der Waals surface area contributed by atoms with E-state index in [1.54, 1.807) is 18.2 Å². The summed E-state index contributed by atoms with van der Waals surface area (Å²) in [6.07, 6.45) is 9.83. The van der Waals surface area contributed by atoms with E-state index in [0.717, 1.165) is 135 Å². The van der Waals surface area contributed by atoms with Crippen molar-refractivity contribution in [3.05, 3.63) is 160 Å². The molecule has 0 atom stereocenters. The van der Waals surface area contributed by atoms with Crippen molar-refractivity contribution in [3.63, 3.8) is 0 Å². The number of amides is 4. The molecule has 6 heterocycles. The van der Waals surface area contributed by atoms with Crippen molar-refractivity contribution >= 4 is 151 Å². The first-order valence-corrected chi connectivity index (χ1v) is 32.9.